The zero-order chi connectivity index (χ0) is 22.3. The Morgan fingerprint density at radius 1 is 1.03 bits per heavy atom. The number of carbonyl (C=O) groups excluding carboxylic acids is 2. The number of rotatable bonds is 6. The van der Waals surface area contributed by atoms with Crippen LogP contribution in [0.3, 0.4) is 0 Å². The lowest BCUT2D eigenvalue weighted by Crippen LogP contribution is -2.26. The summed E-state index contributed by atoms with van der Waals surface area (Å²) in [5.74, 6) is -1.05. The molecule has 2 rings (SSSR count). The van der Waals surface area contributed by atoms with Crippen molar-refractivity contribution >= 4 is 17.6 Å². The zero-order valence-corrected chi connectivity index (χ0v) is 18.6. The van der Waals surface area contributed by atoms with Crippen LogP contribution in [0.1, 0.15) is 87.9 Å². The van der Waals surface area contributed by atoms with Gasteiger partial charge >= 0.3 is 5.97 Å². The predicted octanol–water partition coefficient (Wildman–Crippen LogP) is 5.47. The fourth-order valence-electron chi connectivity index (χ4n) is 3.85. The summed E-state index contributed by atoms with van der Waals surface area (Å²) in [7, 11) is 0. The molecule has 1 aliphatic carbocycles. The summed E-state index contributed by atoms with van der Waals surface area (Å²) in [6.07, 6.45) is 15.0. The second kappa shape index (κ2) is 14.2. The minimum atomic E-state index is -0.542. The molecule has 0 spiro atoms. The highest BCUT2D eigenvalue weighted by molar-refractivity contribution is 6.09. The number of esters is 1. The Balaban J connectivity index is 2.01. The average Bonchev–Trinajstić information content (AvgIpc) is 2.76. The van der Waals surface area contributed by atoms with Crippen molar-refractivity contribution in [3.8, 4) is 6.07 Å². The smallest absolute Gasteiger partial charge is 0.340 e. The van der Waals surface area contributed by atoms with Gasteiger partial charge in [0.25, 0.3) is 5.91 Å². The van der Waals surface area contributed by atoms with Crippen molar-refractivity contribution in [1.29, 1.82) is 5.26 Å². The van der Waals surface area contributed by atoms with Gasteiger partial charge in [-0.2, -0.15) is 5.26 Å². The van der Waals surface area contributed by atoms with Gasteiger partial charge in [0, 0.05) is 12.2 Å². The molecular formula is C25H35N3O3. The Bertz CT molecular complexity index is 770. The van der Waals surface area contributed by atoms with E-state index in [1.165, 1.54) is 51.1 Å². The number of benzene rings is 1. The largest absolute Gasteiger partial charge is 0.462 e. The second-order valence-electron chi connectivity index (χ2n) is 8.01. The van der Waals surface area contributed by atoms with E-state index in [1.807, 2.05) is 6.07 Å². The van der Waals surface area contributed by atoms with Crippen LogP contribution in [-0.4, -0.2) is 24.5 Å². The number of hydrogen-bond donors (Lipinski definition) is 2. The molecule has 1 fully saturated rings. The van der Waals surface area contributed by atoms with Gasteiger partial charge in [0.15, 0.2) is 0 Å². The first-order valence-electron chi connectivity index (χ1n) is 11.6. The lowest BCUT2D eigenvalue weighted by molar-refractivity contribution is -0.112. The van der Waals surface area contributed by atoms with Crippen molar-refractivity contribution in [2.24, 2.45) is 0 Å². The van der Waals surface area contributed by atoms with Crippen LogP contribution in [0.4, 0.5) is 5.69 Å². The van der Waals surface area contributed by atoms with Gasteiger partial charge in [-0.1, -0.05) is 69.9 Å². The van der Waals surface area contributed by atoms with E-state index >= 15 is 0 Å². The summed E-state index contributed by atoms with van der Waals surface area (Å²) in [5.41, 5.74) is 0.588. The summed E-state index contributed by atoms with van der Waals surface area (Å²) in [4.78, 5) is 24.8. The molecule has 0 heterocycles. The van der Waals surface area contributed by atoms with Crippen LogP contribution in [0.2, 0.25) is 0 Å². The van der Waals surface area contributed by atoms with Gasteiger partial charge in [0.2, 0.25) is 0 Å². The van der Waals surface area contributed by atoms with E-state index in [-0.39, 0.29) is 23.8 Å². The summed E-state index contributed by atoms with van der Waals surface area (Å²) in [5, 5.41) is 15.5. The summed E-state index contributed by atoms with van der Waals surface area (Å²) < 4.78 is 5.04. The number of para-hydroxylation sites is 1. The van der Waals surface area contributed by atoms with Crippen LogP contribution in [-0.2, 0) is 9.53 Å². The van der Waals surface area contributed by atoms with Gasteiger partial charge in [0.05, 0.1) is 17.9 Å². The molecule has 0 aromatic heterocycles. The first-order valence-corrected chi connectivity index (χ1v) is 11.6. The van der Waals surface area contributed by atoms with Crippen molar-refractivity contribution in [2.75, 3.05) is 11.9 Å². The summed E-state index contributed by atoms with van der Waals surface area (Å²) in [6.45, 7) is 1.97. The first-order chi connectivity index (χ1) is 15.2. The van der Waals surface area contributed by atoms with Crippen molar-refractivity contribution in [3.05, 3.63) is 41.6 Å². The number of nitrogens with zero attached hydrogens (tertiary/aromatic N) is 1. The molecule has 0 bridgehead atoms. The van der Waals surface area contributed by atoms with Crippen LogP contribution in [0.15, 0.2) is 36.0 Å². The van der Waals surface area contributed by atoms with Crippen LogP contribution in [0, 0.1) is 11.3 Å². The SMILES string of the molecule is CCOC(=O)c1ccccc1NC(=O)/C(C#N)=C\NC1CCCCCCCCCCC1. The van der Waals surface area contributed by atoms with Gasteiger partial charge in [-0.15, -0.1) is 0 Å². The molecule has 0 unspecified atom stereocenters. The fraction of sp³-hybridized carbons (Fsp3) is 0.560. The Morgan fingerprint density at radius 3 is 2.19 bits per heavy atom. The highest BCUT2D eigenvalue weighted by Gasteiger charge is 2.17. The molecule has 0 atom stereocenters. The number of amides is 1. The number of nitriles is 1. The number of anilines is 1. The maximum Gasteiger partial charge on any atom is 0.340 e. The van der Waals surface area contributed by atoms with E-state index in [1.54, 1.807) is 31.2 Å². The predicted molar refractivity (Wildman–Crippen MR) is 122 cm³/mol. The summed E-state index contributed by atoms with van der Waals surface area (Å²) >= 11 is 0. The number of nitrogens with one attached hydrogen (secondary N) is 2. The quantitative estimate of drug-likeness (QED) is 0.358. The molecule has 168 valence electrons. The maximum atomic E-state index is 12.7. The lowest BCUT2D eigenvalue weighted by atomic mass is 9.98. The van der Waals surface area contributed by atoms with Crippen molar-refractivity contribution in [1.82, 2.24) is 5.32 Å². The maximum absolute atomic E-state index is 12.7. The molecule has 0 aliphatic heterocycles. The van der Waals surface area contributed by atoms with Crippen LogP contribution in [0.5, 0.6) is 0 Å². The number of ether oxygens (including phenoxy) is 1. The molecule has 1 aliphatic rings. The Labute approximate surface area is 186 Å². The minimum Gasteiger partial charge on any atom is -0.462 e. The Morgan fingerprint density at radius 2 is 1.61 bits per heavy atom. The van der Waals surface area contributed by atoms with E-state index in [2.05, 4.69) is 10.6 Å². The molecule has 0 radical (unpaired) electrons. The normalized spacial score (nSPS) is 16.8. The van der Waals surface area contributed by atoms with Gasteiger partial charge in [-0.25, -0.2) is 4.79 Å². The van der Waals surface area contributed by atoms with Crippen LogP contribution < -0.4 is 10.6 Å². The molecule has 6 heteroatoms. The molecule has 1 saturated carbocycles. The Kier molecular flexibility index (Phi) is 11.2. The standard InChI is InChI=1S/C25H35N3O3/c1-2-31-25(30)22-16-12-13-17-23(22)28-24(29)20(18-26)19-27-21-14-10-8-6-4-3-5-7-9-11-15-21/h12-13,16-17,19,21,27H,2-11,14-15H2,1H3,(H,28,29)/b20-19-. The minimum absolute atomic E-state index is 0.00946. The van der Waals surface area contributed by atoms with Crippen molar-refractivity contribution in [2.45, 2.75) is 83.6 Å². The lowest BCUT2D eigenvalue weighted by Gasteiger charge is -2.18. The highest BCUT2D eigenvalue weighted by atomic mass is 16.5. The van der Waals surface area contributed by atoms with Gasteiger partial charge in [-0.3, -0.25) is 4.79 Å². The van der Waals surface area contributed by atoms with E-state index in [4.69, 9.17) is 4.74 Å². The first kappa shape index (κ1) is 24.5. The van der Waals surface area contributed by atoms with E-state index in [0.717, 1.165) is 25.7 Å². The Hall–Kier alpha value is -2.81. The van der Waals surface area contributed by atoms with E-state index in [9.17, 15) is 14.9 Å². The van der Waals surface area contributed by atoms with Crippen molar-refractivity contribution < 1.29 is 14.3 Å². The number of hydrogen-bond acceptors (Lipinski definition) is 5. The van der Waals surface area contributed by atoms with Crippen LogP contribution in [0.25, 0.3) is 0 Å². The third kappa shape index (κ3) is 8.84. The van der Waals surface area contributed by atoms with E-state index in [0.29, 0.717) is 5.69 Å². The molecule has 1 amide bonds. The third-order valence-corrected chi connectivity index (χ3v) is 5.60. The molecule has 2 N–H and O–H groups in total. The molecule has 1 aromatic carbocycles. The van der Waals surface area contributed by atoms with Gasteiger partial charge < -0.3 is 15.4 Å². The fourth-order valence-corrected chi connectivity index (χ4v) is 3.85. The second-order valence-corrected chi connectivity index (χ2v) is 8.01. The molecule has 31 heavy (non-hydrogen) atoms. The molecule has 0 saturated heterocycles. The molecule has 6 nitrogen and oxygen atoms in total. The molecule has 1 aromatic rings. The van der Waals surface area contributed by atoms with Crippen molar-refractivity contribution in [3.63, 3.8) is 0 Å². The van der Waals surface area contributed by atoms with Gasteiger partial charge in [0.1, 0.15) is 11.6 Å². The summed E-state index contributed by atoms with van der Waals surface area (Å²) in [6, 6.07) is 8.88. The van der Waals surface area contributed by atoms with Crippen LogP contribution >= 0.6 is 0 Å². The topological polar surface area (TPSA) is 91.2 Å². The van der Waals surface area contributed by atoms with Gasteiger partial charge in [-0.05, 0) is 31.9 Å². The third-order valence-electron chi connectivity index (χ3n) is 5.60. The highest BCUT2D eigenvalue weighted by Crippen LogP contribution is 2.19. The average molecular weight is 426 g/mol. The monoisotopic (exact) mass is 425 g/mol. The molecular weight excluding hydrogens is 390 g/mol. The number of carbonyl (C=O) groups is 2. The van der Waals surface area contributed by atoms with E-state index < -0.39 is 11.9 Å². The zero-order valence-electron chi connectivity index (χ0n) is 18.6.